The fourth-order valence-corrected chi connectivity index (χ4v) is 5.23. The zero-order valence-corrected chi connectivity index (χ0v) is 14.0. The van der Waals surface area contributed by atoms with E-state index in [1.807, 2.05) is 0 Å². The van der Waals surface area contributed by atoms with Crippen LogP contribution < -0.4 is 0 Å². The average Bonchev–Trinajstić information content (AvgIpc) is 2.61. The Morgan fingerprint density at radius 3 is 2.62 bits per heavy atom. The minimum Gasteiger partial charge on any atom is -0.279 e. The Morgan fingerprint density at radius 1 is 1.43 bits per heavy atom. The number of hydrogen-bond donors (Lipinski definition) is 0. The zero-order chi connectivity index (χ0) is 15.8. The monoisotopic (exact) mass is 422 g/mol. The molecule has 11 heteroatoms. The molecule has 0 bridgehead atoms. The molecule has 21 heavy (non-hydrogen) atoms. The zero-order valence-electron chi connectivity index (χ0n) is 10.1. The lowest BCUT2D eigenvalue weighted by Gasteiger charge is -2.17. The molecule has 2 heterocycles. The second kappa shape index (κ2) is 5.90. The summed E-state index contributed by atoms with van der Waals surface area (Å²) in [6.07, 6.45) is -3.09. The number of alkyl halides is 3. The van der Waals surface area contributed by atoms with Gasteiger partial charge in [0.2, 0.25) is 0 Å². The largest absolute Gasteiger partial charge is 0.432 e. The molecule has 0 N–H and O–H groups in total. The predicted molar refractivity (Wildman–Crippen MR) is 78.4 cm³/mol. The Kier molecular flexibility index (Phi) is 4.72. The van der Waals surface area contributed by atoms with Crippen LogP contribution in [-0.4, -0.2) is 37.7 Å². The van der Waals surface area contributed by atoms with Gasteiger partial charge in [-0.2, -0.15) is 13.2 Å². The van der Waals surface area contributed by atoms with E-state index in [0.717, 1.165) is 21.8 Å². The molecular formula is C10H7BrClF3N2O2S2. The van der Waals surface area contributed by atoms with Gasteiger partial charge in [0.1, 0.15) is 14.3 Å². The van der Waals surface area contributed by atoms with Crippen LogP contribution in [0.4, 0.5) is 13.2 Å². The molecule has 0 unspecified atom stereocenters. The van der Waals surface area contributed by atoms with Crippen molar-refractivity contribution in [1.29, 1.82) is 0 Å². The first-order valence-corrected chi connectivity index (χ1v) is 8.81. The van der Waals surface area contributed by atoms with Gasteiger partial charge in [0.15, 0.2) is 0 Å². The van der Waals surface area contributed by atoms with Gasteiger partial charge in [-0.05, 0) is 28.1 Å². The predicted octanol–water partition coefficient (Wildman–Crippen LogP) is 3.69. The van der Waals surface area contributed by atoms with Crippen LogP contribution in [0.3, 0.4) is 0 Å². The van der Waals surface area contributed by atoms with Crippen LogP contribution in [0.2, 0.25) is 4.34 Å². The van der Waals surface area contributed by atoms with E-state index >= 15 is 0 Å². The molecule has 4 nitrogen and oxygen atoms in total. The Morgan fingerprint density at radius 2 is 2.10 bits per heavy atom. The van der Waals surface area contributed by atoms with E-state index < -0.39 is 21.9 Å². The number of hydrogen-bond acceptors (Lipinski definition) is 4. The van der Waals surface area contributed by atoms with E-state index in [1.165, 1.54) is 6.07 Å². The number of allylic oxidation sites excluding steroid dienone is 1. The molecule has 0 aromatic carbocycles. The molecular weight excluding hydrogens is 417 g/mol. The molecule has 0 saturated carbocycles. The lowest BCUT2D eigenvalue weighted by molar-refractivity contribution is -0.0578. The smallest absolute Gasteiger partial charge is 0.279 e. The Bertz CT molecular complexity index is 693. The normalized spacial score (nSPS) is 16.8. The van der Waals surface area contributed by atoms with E-state index in [4.69, 9.17) is 11.6 Å². The Balaban J connectivity index is 2.31. The van der Waals surface area contributed by atoms with Crippen molar-refractivity contribution in [2.75, 3.05) is 13.1 Å². The van der Waals surface area contributed by atoms with Gasteiger partial charge in [0.05, 0.1) is 13.1 Å². The third kappa shape index (κ3) is 3.61. The fourth-order valence-electron chi connectivity index (χ4n) is 1.50. The molecule has 0 saturated heterocycles. The lowest BCUT2D eigenvalue weighted by atomic mass is 10.3. The summed E-state index contributed by atoms with van der Waals surface area (Å²) in [5, 5.41) is 0. The number of rotatable bonds is 2. The van der Waals surface area contributed by atoms with Crippen molar-refractivity contribution >= 4 is 54.6 Å². The highest BCUT2D eigenvalue weighted by molar-refractivity contribution is 9.10. The van der Waals surface area contributed by atoms with Gasteiger partial charge in [-0.3, -0.25) is 9.30 Å². The molecule has 1 aromatic rings. The van der Waals surface area contributed by atoms with Crippen molar-refractivity contribution in [3.63, 3.8) is 0 Å². The van der Waals surface area contributed by atoms with Crippen LogP contribution in [0.5, 0.6) is 0 Å². The first-order chi connectivity index (χ1) is 9.62. The van der Waals surface area contributed by atoms with Crippen LogP contribution in [0.1, 0.15) is 0 Å². The van der Waals surface area contributed by atoms with Crippen molar-refractivity contribution in [2.24, 2.45) is 4.99 Å². The van der Waals surface area contributed by atoms with Crippen LogP contribution in [0, 0.1) is 0 Å². The number of sulfonamides is 1. The summed E-state index contributed by atoms with van der Waals surface area (Å²) in [6.45, 7) is -0.451. The van der Waals surface area contributed by atoms with Gasteiger partial charge in [0, 0.05) is 10.7 Å². The summed E-state index contributed by atoms with van der Waals surface area (Å²) in [5.41, 5.74) is -1.11. The molecule has 2 rings (SSSR count). The van der Waals surface area contributed by atoms with Crippen LogP contribution in [0.15, 0.2) is 32.0 Å². The summed E-state index contributed by atoms with van der Waals surface area (Å²) >= 11 is 9.70. The van der Waals surface area contributed by atoms with Gasteiger partial charge >= 0.3 is 6.18 Å². The maximum Gasteiger partial charge on any atom is 0.432 e. The topological polar surface area (TPSA) is 49.7 Å². The third-order valence-electron chi connectivity index (χ3n) is 2.48. The van der Waals surface area contributed by atoms with Crippen molar-refractivity contribution in [1.82, 2.24) is 4.31 Å². The molecule has 1 aliphatic heterocycles. The molecule has 0 radical (unpaired) electrons. The highest BCUT2D eigenvalue weighted by Crippen LogP contribution is 2.36. The molecule has 0 spiro atoms. The average molecular weight is 424 g/mol. The van der Waals surface area contributed by atoms with Crippen molar-refractivity contribution in [2.45, 2.75) is 10.4 Å². The molecule has 0 aliphatic carbocycles. The van der Waals surface area contributed by atoms with Gasteiger partial charge < -0.3 is 0 Å². The van der Waals surface area contributed by atoms with Gasteiger partial charge in [-0.1, -0.05) is 11.6 Å². The van der Waals surface area contributed by atoms with E-state index in [1.54, 1.807) is 0 Å². The summed E-state index contributed by atoms with van der Waals surface area (Å²) in [6, 6.07) is 1.31. The number of halogens is 5. The first-order valence-electron chi connectivity index (χ1n) is 5.39. The summed E-state index contributed by atoms with van der Waals surface area (Å²) in [5.74, 6) is 0. The second-order valence-electron chi connectivity index (χ2n) is 3.88. The number of aliphatic imine (C=N–C) groups is 1. The molecule has 0 fully saturated rings. The first kappa shape index (κ1) is 16.8. The van der Waals surface area contributed by atoms with Crippen molar-refractivity contribution in [3.05, 3.63) is 27.2 Å². The maximum absolute atomic E-state index is 12.6. The van der Waals surface area contributed by atoms with Crippen LogP contribution >= 0.6 is 38.9 Å². The molecule has 1 aliphatic rings. The Labute approximate surface area is 136 Å². The summed E-state index contributed by atoms with van der Waals surface area (Å²) in [7, 11) is -3.95. The van der Waals surface area contributed by atoms with E-state index in [-0.39, 0.29) is 21.6 Å². The van der Waals surface area contributed by atoms with Crippen LogP contribution in [0.25, 0.3) is 0 Å². The number of thiophene rings is 1. The molecule has 1 aromatic heterocycles. The van der Waals surface area contributed by atoms with Crippen LogP contribution in [-0.2, 0) is 10.0 Å². The van der Waals surface area contributed by atoms with E-state index in [2.05, 4.69) is 20.9 Å². The molecule has 0 atom stereocenters. The van der Waals surface area contributed by atoms with Gasteiger partial charge in [-0.15, -0.1) is 11.3 Å². The van der Waals surface area contributed by atoms with E-state index in [9.17, 15) is 21.6 Å². The minimum absolute atomic E-state index is 0.0560. The van der Waals surface area contributed by atoms with E-state index in [0.29, 0.717) is 10.5 Å². The van der Waals surface area contributed by atoms with Gasteiger partial charge in [-0.25, -0.2) is 8.42 Å². The highest BCUT2D eigenvalue weighted by atomic mass is 79.9. The summed E-state index contributed by atoms with van der Waals surface area (Å²) < 4.78 is 63.8. The summed E-state index contributed by atoms with van der Waals surface area (Å²) in [4.78, 5) is 3.34. The standard InChI is InChI=1S/C10H7BrClF3N2O2S2/c11-6-5-8(20-9(6)12)21(18,19)17-3-1-7(10(13,14)15)16-2-4-17/h1,3,5H,2,4H2. The minimum atomic E-state index is -4.61. The Hall–Kier alpha value is -0.580. The number of nitrogens with zero attached hydrogens (tertiary/aromatic N) is 2. The highest BCUT2D eigenvalue weighted by Gasteiger charge is 2.35. The maximum atomic E-state index is 12.6. The quantitative estimate of drug-likeness (QED) is 0.728. The van der Waals surface area contributed by atoms with Crippen molar-refractivity contribution < 1.29 is 21.6 Å². The lowest BCUT2D eigenvalue weighted by Crippen LogP contribution is -2.27. The second-order valence-corrected chi connectivity index (χ2v) is 8.51. The SMILES string of the molecule is O=S(=O)(c1cc(Br)c(Cl)s1)N1C=CC(C(F)(F)F)=NCC1. The fraction of sp³-hybridized carbons (Fsp3) is 0.300. The molecule has 0 amide bonds. The van der Waals surface area contributed by atoms with Gasteiger partial charge in [0.25, 0.3) is 10.0 Å². The molecule has 116 valence electrons. The third-order valence-corrected chi connectivity index (χ3v) is 7.18. The van der Waals surface area contributed by atoms with Crippen molar-refractivity contribution in [3.8, 4) is 0 Å².